The fraction of sp³-hybridized carbons (Fsp3) is 0.304. The van der Waals surface area contributed by atoms with Gasteiger partial charge in [-0.05, 0) is 24.3 Å². The lowest BCUT2D eigenvalue weighted by molar-refractivity contribution is -0.134. The topological polar surface area (TPSA) is 62.2 Å². The third-order valence-electron chi connectivity index (χ3n) is 5.39. The van der Waals surface area contributed by atoms with Gasteiger partial charge in [0.15, 0.2) is 11.6 Å². The molecule has 0 saturated carbocycles. The Kier molecular flexibility index (Phi) is 6.32. The number of nitrogens with zero attached hydrogens (tertiary/aromatic N) is 5. The van der Waals surface area contributed by atoms with E-state index < -0.39 is 11.6 Å². The van der Waals surface area contributed by atoms with Crippen LogP contribution in [0.1, 0.15) is 13.8 Å². The molecule has 4 rings (SSSR count). The highest BCUT2D eigenvalue weighted by atomic mass is 35.5. The lowest BCUT2D eigenvalue weighted by Gasteiger charge is -2.36. The number of piperazine rings is 1. The summed E-state index contributed by atoms with van der Waals surface area (Å²) in [4.78, 5) is 29.5. The highest BCUT2D eigenvalue weighted by molar-refractivity contribution is 6.33. The maximum atomic E-state index is 13.9. The first-order valence-corrected chi connectivity index (χ1v) is 10.7. The monoisotopic (exact) mass is 457 g/mol. The van der Waals surface area contributed by atoms with Gasteiger partial charge < -0.3 is 9.80 Å². The van der Waals surface area contributed by atoms with Crippen molar-refractivity contribution in [2.75, 3.05) is 31.1 Å². The smallest absolute Gasteiger partial charge is 0.225 e. The minimum atomic E-state index is -0.967. The van der Waals surface area contributed by atoms with E-state index in [9.17, 15) is 13.6 Å². The Labute approximate surface area is 189 Å². The summed E-state index contributed by atoms with van der Waals surface area (Å²) in [5.41, 5.74) is 1.80. The molecule has 0 aliphatic carbocycles. The highest BCUT2D eigenvalue weighted by Crippen LogP contribution is 2.34. The predicted octanol–water partition coefficient (Wildman–Crippen LogP) is 4.44. The van der Waals surface area contributed by atoms with Gasteiger partial charge in [0.25, 0.3) is 0 Å². The van der Waals surface area contributed by atoms with Crippen LogP contribution in [-0.4, -0.2) is 51.9 Å². The SMILES string of the molecule is CC(C)C(=O)N1CCN(c2cnc(-c3ccc(F)c(F)c3)c(-c3ccncc3Cl)n2)CC1. The number of pyridine rings is 1. The Balaban J connectivity index is 1.71. The third kappa shape index (κ3) is 4.41. The molecule has 32 heavy (non-hydrogen) atoms. The van der Waals surface area contributed by atoms with Crippen LogP contribution in [0, 0.1) is 17.6 Å². The molecule has 3 aromatic rings. The van der Waals surface area contributed by atoms with Gasteiger partial charge in [-0.25, -0.2) is 13.8 Å². The van der Waals surface area contributed by atoms with Gasteiger partial charge in [0.1, 0.15) is 11.5 Å². The zero-order valence-corrected chi connectivity index (χ0v) is 18.5. The molecule has 0 N–H and O–H groups in total. The first kappa shape index (κ1) is 22.1. The average Bonchev–Trinajstić information content (AvgIpc) is 2.80. The van der Waals surface area contributed by atoms with E-state index in [2.05, 4.69) is 9.97 Å². The zero-order valence-electron chi connectivity index (χ0n) is 17.7. The summed E-state index contributed by atoms with van der Waals surface area (Å²) in [5.74, 6) is -1.19. The van der Waals surface area contributed by atoms with Gasteiger partial charge in [-0.2, -0.15) is 0 Å². The summed E-state index contributed by atoms with van der Waals surface area (Å²) in [6, 6.07) is 5.31. The van der Waals surface area contributed by atoms with E-state index in [-0.39, 0.29) is 11.8 Å². The third-order valence-corrected chi connectivity index (χ3v) is 5.69. The lowest BCUT2D eigenvalue weighted by Crippen LogP contribution is -2.50. The molecule has 9 heteroatoms. The van der Waals surface area contributed by atoms with Gasteiger partial charge in [0.2, 0.25) is 5.91 Å². The molecule has 6 nitrogen and oxygen atoms in total. The number of hydrogen-bond donors (Lipinski definition) is 0. The molecule has 0 atom stereocenters. The summed E-state index contributed by atoms with van der Waals surface area (Å²) in [7, 11) is 0. The average molecular weight is 458 g/mol. The molecule has 3 heterocycles. The summed E-state index contributed by atoms with van der Waals surface area (Å²) in [6.07, 6.45) is 4.69. The maximum Gasteiger partial charge on any atom is 0.225 e. The van der Waals surface area contributed by atoms with E-state index in [1.54, 1.807) is 18.5 Å². The van der Waals surface area contributed by atoms with Crippen molar-refractivity contribution < 1.29 is 13.6 Å². The van der Waals surface area contributed by atoms with Crippen molar-refractivity contribution in [2.24, 2.45) is 5.92 Å². The summed E-state index contributed by atoms with van der Waals surface area (Å²) < 4.78 is 27.4. The van der Waals surface area contributed by atoms with Crippen LogP contribution in [0.3, 0.4) is 0 Å². The van der Waals surface area contributed by atoms with E-state index in [1.807, 2.05) is 23.6 Å². The summed E-state index contributed by atoms with van der Waals surface area (Å²) in [5, 5.41) is 0.370. The normalized spacial score (nSPS) is 14.2. The van der Waals surface area contributed by atoms with E-state index in [0.29, 0.717) is 59.5 Å². The molecule has 1 aromatic carbocycles. The number of carbonyl (C=O) groups is 1. The fourth-order valence-corrected chi connectivity index (χ4v) is 3.87. The van der Waals surface area contributed by atoms with Gasteiger partial charge in [-0.3, -0.25) is 14.8 Å². The maximum absolute atomic E-state index is 13.9. The number of amides is 1. The molecule has 0 radical (unpaired) electrons. The number of carbonyl (C=O) groups excluding carboxylic acids is 1. The molecule has 1 aliphatic rings. The van der Waals surface area contributed by atoms with Gasteiger partial charge in [-0.1, -0.05) is 25.4 Å². The van der Waals surface area contributed by atoms with Crippen LogP contribution in [0.4, 0.5) is 14.6 Å². The molecule has 1 amide bonds. The van der Waals surface area contributed by atoms with Crippen molar-refractivity contribution in [3.05, 3.63) is 59.5 Å². The van der Waals surface area contributed by atoms with E-state index in [0.717, 1.165) is 12.1 Å². The van der Waals surface area contributed by atoms with Crippen LogP contribution >= 0.6 is 11.6 Å². The first-order valence-electron chi connectivity index (χ1n) is 10.3. The second-order valence-corrected chi connectivity index (χ2v) is 8.28. The molecular weight excluding hydrogens is 436 g/mol. The number of anilines is 1. The molecular formula is C23H22ClF2N5O. The van der Waals surface area contributed by atoms with Crippen LogP contribution in [-0.2, 0) is 4.79 Å². The Hall–Kier alpha value is -3.13. The van der Waals surface area contributed by atoms with Crippen LogP contribution in [0.15, 0.2) is 42.9 Å². The minimum Gasteiger partial charge on any atom is -0.352 e. The zero-order chi connectivity index (χ0) is 22.8. The number of hydrogen-bond acceptors (Lipinski definition) is 5. The molecule has 166 valence electrons. The highest BCUT2D eigenvalue weighted by Gasteiger charge is 2.25. The number of rotatable bonds is 4. The van der Waals surface area contributed by atoms with Crippen molar-refractivity contribution in [1.82, 2.24) is 19.9 Å². The number of halogens is 3. The van der Waals surface area contributed by atoms with Crippen molar-refractivity contribution in [3.63, 3.8) is 0 Å². The van der Waals surface area contributed by atoms with Crippen molar-refractivity contribution in [1.29, 1.82) is 0 Å². The fourth-order valence-electron chi connectivity index (χ4n) is 3.66. The largest absolute Gasteiger partial charge is 0.352 e. The lowest BCUT2D eigenvalue weighted by atomic mass is 10.0. The molecule has 2 aromatic heterocycles. The van der Waals surface area contributed by atoms with E-state index in [4.69, 9.17) is 16.6 Å². The molecule has 0 bridgehead atoms. The van der Waals surface area contributed by atoms with Crippen LogP contribution in [0.25, 0.3) is 22.5 Å². The second kappa shape index (κ2) is 9.16. The molecule has 1 fully saturated rings. The molecule has 0 unspecified atom stereocenters. The van der Waals surface area contributed by atoms with E-state index in [1.165, 1.54) is 12.3 Å². The number of aromatic nitrogens is 3. The van der Waals surface area contributed by atoms with Crippen molar-refractivity contribution in [2.45, 2.75) is 13.8 Å². The summed E-state index contributed by atoms with van der Waals surface area (Å²) >= 11 is 6.37. The molecule has 1 saturated heterocycles. The van der Waals surface area contributed by atoms with Gasteiger partial charge in [0, 0.05) is 55.6 Å². The van der Waals surface area contributed by atoms with Crippen molar-refractivity contribution >= 4 is 23.3 Å². The van der Waals surface area contributed by atoms with Gasteiger partial charge >= 0.3 is 0 Å². The minimum absolute atomic E-state index is 0.0443. The van der Waals surface area contributed by atoms with Gasteiger partial charge in [0.05, 0.1) is 16.9 Å². The summed E-state index contributed by atoms with van der Waals surface area (Å²) in [6.45, 7) is 6.19. The van der Waals surface area contributed by atoms with Gasteiger partial charge in [-0.15, -0.1) is 0 Å². The Morgan fingerprint density at radius 3 is 2.44 bits per heavy atom. The number of benzene rings is 1. The quantitative estimate of drug-likeness (QED) is 0.579. The first-order chi connectivity index (χ1) is 15.3. The standard InChI is InChI=1S/C23H22ClF2N5O/c1-14(2)23(32)31-9-7-30(8-10-31)20-13-28-21(15-3-4-18(25)19(26)11-15)22(29-20)16-5-6-27-12-17(16)24/h3-6,11-14H,7-10H2,1-2H3. The van der Waals surface area contributed by atoms with Crippen LogP contribution in [0.5, 0.6) is 0 Å². The predicted molar refractivity (Wildman–Crippen MR) is 119 cm³/mol. The molecule has 0 spiro atoms. The van der Waals surface area contributed by atoms with E-state index >= 15 is 0 Å². The van der Waals surface area contributed by atoms with Crippen LogP contribution in [0.2, 0.25) is 5.02 Å². The van der Waals surface area contributed by atoms with Crippen LogP contribution < -0.4 is 4.90 Å². The Morgan fingerprint density at radius 1 is 1.03 bits per heavy atom. The Bertz CT molecular complexity index is 1150. The second-order valence-electron chi connectivity index (χ2n) is 7.88. The Morgan fingerprint density at radius 2 is 1.78 bits per heavy atom. The molecule has 1 aliphatic heterocycles. The van der Waals surface area contributed by atoms with Crippen molar-refractivity contribution in [3.8, 4) is 22.5 Å².